The highest BCUT2D eigenvalue weighted by molar-refractivity contribution is 5.48. The maximum absolute atomic E-state index is 9.90. The molecule has 3 N–H and O–H groups in total. The molecule has 0 saturated carbocycles. The van der Waals surface area contributed by atoms with Gasteiger partial charge in [-0.25, -0.2) is 0 Å². The van der Waals surface area contributed by atoms with Crippen molar-refractivity contribution < 1.29 is 14.6 Å². The van der Waals surface area contributed by atoms with Crippen LogP contribution in [0.3, 0.4) is 0 Å². The minimum Gasteiger partial charge on any atom is -0.492 e. The van der Waals surface area contributed by atoms with Gasteiger partial charge < -0.3 is 25.2 Å². The predicted molar refractivity (Wildman–Crippen MR) is 73.5 cm³/mol. The molecule has 5 heteroatoms. The summed E-state index contributed by atoms with van der Waals surface area (Å²) in [6.07, 6.45) is 0.442. The number of rotatable bonds is 5. The highest BCUT2D eigenvalue weighted by Crippen LogP contribution is 2.35. The number of benzene rings is 1. The number of nitrogens with zero attached hydrogens (tertiary/aromatic N) is 1. The molecule has 1 heterocycles. The van der Waals surface area contributed by atoms with E-state index in [1.165, 1.54) is 0 Å². The SMILES string of the molecule is COc1c(OC2CCN(C)C2)cccc1C(O)CN. The number of hydrogen-bond acceptors (Lipinski definition) is 5. The highest BCUT2D eigenvalue weighted by Gasteiger charge is 2.23. The van der Waals surface area contributed by atoms with E-state index in [1.807, 2.05) is 18.2 Å². The number of hydrogen-bond donors (Lipinski definition) is 2. The van der Waals surface area contributed by atoms with Crippen LogP contribution in [0.15, 0.2) is 18.2 Å². The van der Waals surface area contributed by atoms with Crippen molar-refractivity contribution in [2.24, 2.45) is 5.73 Å². The fraction of sp³-hybridized carbons (Fsp3) is 0.571. The predicted octanol–water partition coefficient (Wildman–Crippen LogP) is 0.770. The van der Waals surface area contributed by atoms with Crippen molar-refractivity contribution in [2.45, 2.75) is 18.6 Å². The summed E-state index contributed by atoms with van der Waals surface area (Å²) in [6.45, 7) is 2.11. The van der Waals surface area contributed by atoms with Crippen molar-refractivity contribution >= 4 is 0 Å². The van der Waals surface area contributed by atoms with Crippen LogP contribution in [0.4, 0.5) is 0 Å². The second-order valence-electron chi connectivity index (χ2n) is 4.92. The van der Waals surface area contributed by atoms with E-state index in [4.69, 9.17) is 15.2 Å². The summed E-state index contributed by atoms with van der Waals surface area (Å²) in [5.41, 5.74) is 6.18. The van der Waals surface area contributed by atoms with Gasteiger partial charge in [0.25, 0.3) is 0 Å². The number of ether oxygens (including phenoxy) is 2. The average molecular weight is 266 g/mol. The third-order valence-electron chi connectivity index (χ3n) is 3.44. The maximum atomic E-state index is 9.90. The number of nitrogens with two attached hydrogens (primary N) is 1. The first-order valence-corrected chi connectivity index (χ1v) is 6.56. The minimum atomic E-state index is -0.732. The monoisotopic (exact) mass is 266 g/mol. The molecule has 0 radical (unpaired) electrons. The maximum Gasteiger partial charge on any atom is 0.166 e. The molecule has 19 heavy (non-hydrogen) atoms. The molecule has 5 nitrogen and oxygen atoms in total. The van der Waals surface area contributed by atoms with Crippen LogP contribution < -0.4 is 15.2 Å². The van der Waals surface area contributed by atoms with Crippen molar-refractivity contribution in [3.63, 3.8) is 0 Å². The van der Waals surface area contributed by atoms with Crippen molar-refractivity contribution in [3.05, 3.63) is 23.8 Å². The molecule has 1 saturated heterocycles. The molecule has 1 fully saturated rings. The molecule has 1 aromatic rings. The second-order valence-corrected chi connectivity index (χ2v) is 4.92. The Kier molecular flexibility index (Phi) is 4.63. The lowest BCUT2D eigenvalue weighted by Crippen LogP contribution is -2.22. The Morgan fingerprint density at radius 1 is 1.53 bits per heavy atom. The van der Waals surface area contributed by atoms with Gasteiger partial charge >= 0.3 is 0 Å². The summed E-state index contributed by atoms with van der Waals surface area (Å²) >= 11 is 0. The lowest BCUT2D eigenvalue weighted by molar-refractivity contribution is 0.174. The average Bonchev–Trinajstić information content (AvgIpc) is 2.83. The molecular weight excluding hydrogens is 244 g/mol. The Balaban J connectivity index is 2.20. The molecule has 1 aliphatic heterocycles. The van der Waals surface area contributed by atoms with E-state index in [-0.39, 0.29) is 12.6 Å². The molecule has 1 aliphatic rings. The largest absolute Gasteiger partial charge is 0.492 e. The number of likely N-dealkylation sites (tertiary alicyclic amines) is 1. The number of aliphatic hydroxyl groups excluding tert-OH is 1. The quantitative estimate of drug-likeness (QED) is 0.824. The van der Waals surface area contributed by atoms with Crippen LogP contribution in [0, 0.1) is 0 Å². The van der Waals surface area contributed by atoms with E-state index in [0.717, 1.165) is 19.5 Å². The van der Waals surface area contributed by atoms with Crippen LogP contribution in [0.1, 0.15) is 18.1 Å². The molecular formula is C14H22N2O3. The topological polar surface area (TPSA) is 68.0 Å². The Morgan fingerprint density at radius 2 is 2.32 bits per heavy atom. The molecule has 0 amide bonds. The molecule has 0 bridgehead atoms. The van der Waals surface area contributed by atoms with Crippen molar-refractivity contribution in [1.29, 1.82) is 0 Å². The summed E-state index contributed by atoms with van der Waals surface area (Å²) in [6, 6.07) is 5.53. The Morgan fingerprint density at radius 3 is 2.89 bits per heavy atom. The van der Waals surface area contributed by atoms with Crippen LogP contribution in [0.2, 0.25) is 0 Å². The van der Waals surface area contributed by atoms with E-state index in [9.17, 15) is 5.11 Å². The summed E-state index contributed by atoms with van der Waals surface area (Å²) in [5, 5.41) is 9.90. The molecule has 106 valence electrons. The lowest BCUT2D eigenvalue weighted by atomic mass is 10.1. The number of para-hydroxylation sites is 1. The van der Waals surface area contributed by atoms with Gasteiger partial charge in [-0.15, -0.1) is 0 Å². The summed E-state index contributed by atoms with van der Waals surface area (Å²) in [7, 11) is 3.66. The highest BCUT2D eigenvalue weighted by atomic mass is 16.5. The van der Waals surface area contributed by atoms with Gasteiger partial charge in [0.1, 0.15) is 6.10 Å². The van der Waals surface area contributed by atoms with Crippen molar-refractivity contribution in [1.82, 2.24) is 4.90 Å². The van der Waals surface area contributed by atoms with Crippen LogP contribution >= 0.6 is 0 Å². The Labute approximate surface area is 113 Å². The molecule has 1 aromatic carbocycles. The van der Waals surface area contributed by atoms with Gasteiger partial charge in [0.15, 0.2) is 11.5 Å². The zero-order valence-electron chi connectivity index (χ0n) is 11.5. The third kappa shape index (κ3) is 3.18. The van der Waals surface area contributed by atoms with Crippen molar-refractivity contribution in [2.75, 3.05) is 33.8 Å². The van der Waals surface area contributed by atoms with Crippen LogP contribution in [0.5, 0.6) is 11.5 Å². The van der Waals surface area contributed by atoms with E-state index in [1.54, 1.807) is 7.11 Å². The molecule has 2 rings (SSSR count). The fourth-order valence-corrected chi connectivity index (χ4v) is 2.40. The van der Waals surface area contributed by atoms with Crippen LogP contribution in [-0.4, -0.2) is 49.9 Å². The van der Waals surface area contributed by atoms with Gasteiger partial charge in [-0.1, -0.05) is 12.1 Å². The third-order valence-corrected chi connectivity index (χ3v) is 3.44. The number of likely N-dealkylation sites (N-methyl/N-ethyl adjacent to an activating group) is 1. The molecule has 0 aliphatic carbocycles. The Hall–Kier alpha value is -1.30. The van der Waals surface area contributed by atoms with Gasteiger partial charge in [0, 0.05) is 25.2 Å². The van der Waals surface area contributed by atoms with E-state index in [0.29, 0.717) is 17.1 Å². The first-order valence-electron chi connectivity index (χ1n) is 6.56. The molecule has 2 atom stereocenters. The zero-order chi connectivity index (χ0) is 13.8. The van der Waals surface area contributed by atoms with Crippen LogP contribution in [-0.2, 0) is 0 Å². The summed E-state index contributed by atoms with van der Waals surface area (Å²) < 4.78 is 11.4. The van der Waals surface area contributed by atoms with E-state index < -0.39 is 6.10 Å². The van der Waals surface area contributed by atoms with Gasteiger partial charge in [-0.3, -0.25) is 0 Å². The van der Waals surface area contributed by atoms with Crippen molar-refractivity contribution in [3.8, 4) is 11.5 Å². The molecule has 0 aromatic heterocycles. The first kappa shape index (κ1) is 14.1. The normalized spacial score (nSPS) is 21.4. The standard InChI is InChI=1S/C14H22N2O3/c1-16-7-6-10(9-16)19-13-5-3-4-11(12(17)8-15)14(13)18-2/h3-5,10,12,17H,6-9,15H2,1-2H3. The second kappa shape index (κ2) is 6.23. The zero-order valence-corrected chi connectivity index (χ0v) is 11.5. The van der Waals surface area contributed by atoms with Gasteiger partial charge in [-0.05, 0) is 19.5 Å². The summed E-state index contributed by atoms with van der Waals surface area (Å²) in [5.74, 6) is 1.25. The summed E-state index contributed by atoms with van der Waals surface area (Å²) in [4.78, 5) is 2.23. The minimum absolute atomic E-state index is 0.159. The van der Waals surface area contributed by atoms with Crippen LogP contribution in [0.25, 0.3) is 0 Å². The smallest absolute Gasteiger partial charge is 0.166 e. The van der Waals surface area contributed by atoms with Gasteiger partial charge in [-0.2, -0.15) is 0 Å². The van der Waals surface area contributed by atoms with Gasteiger partial charge in [0.2, 0.25) is 0 Å². The first-order chi connectivity index (χ1) is 9.15. The van der Waals surface area contributed by atoms with E-state index in [2.05, 4.69) is 11.9 Å². The van der Waals surface area contributed by atoms with Gasteiger partial charge in [0.05, 0.1) is 13.2 Å². The number of aliphatic hydroxyl groups is 1. The molecule has 0 spiro atoms. The lowest BCUT2D eigenvalue weighted by Gasteiger charge is -2.20. The Bertz CT molecular complexity index is 425. The molecule has 2 unspecified atom stereocenters. The van der Waals surface area contributed by atoms with E-state index >= 15 is 0 Å². The fourth-order valence-electron chi connectivity index (χ4n) is 2.40. The number of methoxy groups -OCH3 is 1.